The minimum atomic E-state index is -2.75. The van der Waals surface area contributed by atoms with Crippen LogP contribution in [0.5, 0.6) is 0 Å². The number of aliphatic hydroxyl groups excluding tert-OH is 1. The normalized spacial score (nSPS) is 11.4. The minimum Gasteiger partial charge on any atom is -0.388 e. The lowest BCUT2D eigenvalue weighted by atomic mass is 10.2. The Morgan fingerprint density at radius 3 is 2.79 bits per heavy atom. The molecule has 0 unspecified atom stereocenters. The molecule has 7 nitrogen and oxygen atoms in total. The summed E-state index contributed by atoms with van der Waals surface area (Å²) in [5.41, 5.74) is 1.17. The molecule has 0 atom stereocenters. The van der Waals surface area contributed by atoms with Crippen molar-refractivity contribution in [2.45, 2.75) is 13.0 Å². The number of aromatic nitrogens is 4. The molecule has 2 N–H and O–H groups in total. The summed E-state index contributed by atoms with van der Waals surface area (Å²) in [6.07, 6.45) is -1.57. The highest BCUT2D eigenvalue weighted by Gasteiger charge is 2.20. The number of rotatable bonds is 4. The van der Waals surface area contributed by atoms with Gasteiger partial charge >= 0.3 is 0 Å². The third-order valence-corrected chi connectivity index (χ3v) is 3.82. The zero-order valence-electron chi connectivity index (χ0n) is 13.0. The number of carbonyl (C=O) groups is 1. The predicted octanol–water partition coefficient (Wildman–Crippen LogP) is 1.99. The highest BCUT2D eigenvalue weighted by molar-refractivity contribution is 6.06. The predicted molar refractivity (Wildman–Crippen MR) is 82.8 cm³/mol. The third kappa shape index (κ3) is 2.62. The monoisotopic (exact) mass is 335 g/mol. The Morgan fingerprint density at radius 2 is 2.12 bits per heavy atom. The Hall–Kier alpha value is -2.81. The first-order chi connectivity index (χ1) is 11.4. The molecule has 1 amide bonds. The van der Waals surface area contributed by atoms with Crippen LogP contribution in [0.4, 0.5) is 14.5 Å². The van der Waals surface area contributed by atoms with Crippen molar-refractivity contribution in [3.05, 3.63) is 41.5 Å². The number of imidazole rings is 1. The van der Waals surface area contributed by atoms with Crippen molar-refractivity contribution in [2.24, 2.45) is 14.1 Å². The zero-order valence-corrected chi connectivity index (χ0v) is 13.0. The number of carbonyl (C=O) groups excluding carboxylic acids is 1. The van der Waals surface area contributed by atoms with E-state index >= 15 is 0 Å². The van der Waals surface area contributed by atoms with Crippen LogP contribution < -0.4 is 5.32 Å². The standard InChI is InChI=1S/C15H15F2N5O2/c1-21-11-4-3-8(5-9(11)19-12(21)7-23)15(24)20-10-6-18-22(2)13(10)14(16)17/h3-6,14,23H,7H2,1-2H3,(H,20,24). The summed E-state index contributed by atoms with van der Waals surface area (Å²) in [5.74, 6) is -0.0715. The van der Waals surface area contributed by atoms with Gasteiger partial charge in [0.05, 0.1) is 22.9 Å². The van der Waals surface area contributed by atoms with E-state index in [1.165, 1.54) is 13.2 Å². The van der Waals surface area contributed by atoms with Crippen molar-refractivity contribution < 1.29 is 18.7 Å². The van der Waals surface area contributed by atoms with Gasteiger partial charge in [-0.15, -0.1) is 0 Å². The number of aryl methyl sites for hydroxylation is 2. The number of nitrogens with one attached hydrogen (secondary N) is 1. The van der Waals surface area contributed by atoms with E-state index < -0.39 is 12.3 Å². The molecule has 24 heavy (non-hydrogen) atoms. The Labute approximate surface area is 135 Å². The molecule has 0 spiro atoms. The molecule has 0 aliphatic heterocycles. The lowest BCUT2D eigenvalue weighted by molar-refractivity contribution is 0.102. The number of hydrogen-bond acceptors (Lipinski definition) is 4. The second kappa shape index (κ2) is 6.00. The summed E-state index contributed by atoms with van der Waals surface area (Å²) in [5, 5.41) is 15.4. The molecule has 1 aromatic carbocycles. The van der Waals surface area contributed by atoms with E-state index in [4.69, 9.17) is 0 Å². The molecular formula is C15H15F2N5O2. The maximum Gasteiger partial charge on any atom is 0.282 e. The van der Waals surface area contributed by atoms with Gasteiger partial charge in [0.2, 0.25) is 0 Å². The molecule has 0 aliphatic carbocycles. The molecule has 2 heterocycles. The summed E-state index contributed by atoms with van der Waals surface area (Å²) < 4.78 is 28.8. The van der Waals surface area contributed by atoms with Crippen LogP contribution in [0.1, 0.15) is 28.3 Å². The van der Waals surface area contributed by atoms with Gasteiger partial charge in [-0.3, -0.25) is 9.48 Å². The van der Waals surface area contributed by atoms with Crippen LogP contribution in [-0.4, -0.2) is 30.3 Å². The number of nitrogens with zero attached hydrogens (tertiary/aromatic N) is 4. The molecule has 0 aliphatic rings. The number of benzene rings is 1. The fourth-order valence-electron chi connectivity index (χ4n) is 2.53. The number of hydrogen-bond donors (Lipinski definition) is 2. The molecule has 9 heteroatoms. The highest BCUT2D eigenvalue weighted by Crippen LogP contribution is 2.26. The maximum absolute atomic E-state index is 13.0. The van der Waals surface area contributed by atoms with Crippen LogP contribution in [0.15, 0.2) is 24.4 Å². The van der Waals surface area contributed by atoms with Crippen LogP contribution in [-0.2, 0) is 20.7 Å². The average Bonchev–Trinajstić information content (AvgIpc) is 3.07. The van der Waals surface area contributed by atoms with Gasteiger partial charge in [0.15, 0.2) is 0 Å². The second-order valence-electron chi connectivity index (χ2n) is 5.27. The molecule has 126 valence electrons. The Bertz CT molecular complexity index is 916. The number of anilines is 1. The fraction of sp³-hybridized carbons (Fsp3) is 0.267. The molecule has 0 fully saturated rings. The second-order valence-corrected chi connectivity index (χ2v) is 5.27. The summed E-state index contributed by atoms with van der Waals surface area (Å²) in [7, 11) is 3.14. The van der Waals surface area contributed by atoms with Gasteiger partial charge in [0.1, 0.15) is 18.1 Å². The van der Waals surface area contributed by atoms with Gasteiger partial charge in [-0.2, -0.15) is 5.10 Å². The van der Waals surface area contributed by atoms with Crippen molar-refractivity contribution in [3.63, 3.8) is 0 Å². The highest BCUT2D eigenvalue weighted by atomic mass is 19.3. The van der Waals surface area contributed by atoms with Gasteiger partial charge < -0.3 is 15.0 Å². The minimum absolute atomic E-state index is 0.0327. The maximum atomic E-state index is 13.0. The van der Waals surface area contributed by atoms with Gasteiger partial charge in [-0.25, -0.2) is 13.8 Å². The summed E-state index contributed by atoms with van der Waals surface area (Å²) in [6, 6.07) is 4.80. The molecule has 3 rings (SSSR count). The molecule has 0 saturated carbocycles. The van der Waals surface area contributed by atoms with Crippen LogP contribution in [0.25, 0.3) is 11.0 Å². The lowest BCUT2D eigenvalue weighted by Gasteiger charge is -2.07. The van der Waals surface area contributed by atoms with E-state index in [9.17, 15) is 18.7 Å². The van der Waals surface area contributed by atoms with Gasteiger partial charge in [0.25, 0.3) is 12.3 Å². The number of alkyl halides is 2. The van der Waals surface area contributed by atoms with Crippen LogP contribution in [0, 0.1) is 0 Å². The first-order valence-electron chi connectivity index (χ1n) is 7.10. The van der Waals surface area contributed by atoms with Crippen LogP contribution in [0.3, 0.4) is 0 Å². The Balaban J connectivity index is 1.92. The fourth-order valence-corrected chi connectivity index (χ4v) is 2.53. The van der Waals surface area contributed by atoms with E-state index in [1.54, 1.807) is 29.8 Å². The van der Waals surface area contributed by atoms with Gasteiger partial charge in [-0.05, 0) is 18.2 Å². The quantitative estimate of drug-likeness (QED) is 0.764. The molecule has 2 aromatic heterocycles. The Morgan fingerprint density at radius 1 is 1.38 bits per heavy atom. The SMILES string of the molecule is Cn1ncc(NC(=O)c2ccc3c(c2)nc(CO)n3C)c1C(F)F. The molecular weight excluding hydrogens is 320 g/mol. The number of amides is 1. The van der Waals surface area contributed by atoms with Crippen molar-refractivity contribution in [2.75, 3.05) is 5.32 Å². The van der Waals surface area contributed by atoms with Crippen molar-refractivity contribution >= 4 is 22.6 Å². The summed E-state index contributed by atoms with van der Waals surface area (Å²) in [6.45, 7) is -0.222. The van der Waals surface area contributed by atoms with Gasteiger partial charge in [0, 0.05) is 19.7 Å². The van der Waals surface area contributed by atoms with E-state index in [1.807, 2.05) is 0 Å². The number of fused-ring (bicyclic) bond motifs is 1. The molecule has 0 bridgehead atoms. The van der Waals surface area contributed by atoms with Crippen molar-refractivity contribution in [1.29, 1.82) is 0 Å². The van der Waals surface area contributed by atoms with Gasteiger partial charge in [-0.1, -0.05) is 0 Å². The topological polar surface area (TPSA) is 85.0 Å². The van der Waals surface area contributed by atoms with E-state index in [2.05, 4.69) is 15.4 Å². The van der Waals surface area contributed by atoms with Crippen molar-refractivity contribution in [3.8, 4) is 0 Å². The summed E-state index contributed by atoms with van der Waals surface area (Å²) >= 11 is 0. The van der Waals surface area contributed by atoms with Crippen LogP contribution >= 0.6 is 0 Å². The van der Waals surface area contributed by atoms with Crippen molar-refractivity contribution in [1.82, 2.24) is 19.3 Å². The molecule has 0 saturated heterocycles. The smallest absolute Gasteiger partial charge is 0.282 e. The number of aliphatic hydroxyl groups is 1. The third-order valence-electron chi connectivity index (χ3n) is 3.82. The zero-order chi connectivity index (χ0) is 17.4. The first-order valence-corrected chi connectivity index (χ1v) is 7.10. The Kier molecular flexibility index (Phi) is 4.02. The van der Waals surface area contributed by atoms with E-state index in [-0.39, 0.29) is 23.6 Å². The molecule has 0 radical (unpaired) electrons. The largest absolute Gasteiger partial charge is 0.388 e. The molecule has 3 aromatic rings. The average molecular weight is 335 g/mol. The summed E-state index contributed by atoms with van der Waals surface area (Å²) in [4.78, 5) is 16.6. The van der Waals surface area contributed by atoms with Crippen LogP contribution in [0.2, 0.25) is 0 Å². The first kappa shape index (κ1) is 16.1. The van der Waals surface area contributed by atoms with E-state index in [0.29, 0.717) is 11.3 Å². The van der Waals surface area contributed by atoms with E-state index in [0.717, 1.165) is 10.2 Å². The number of halogens is 2. The lowest BCUT2D eigenvalue weighted by Crippen LogP contribution is -2.13.